The Morgan fingerprint density at radius 1 is 0.429 bits per heavy atom. The van der Waals surface area contributed by atoms with Gasteiger partial charge in [-0.2, -0.15) is 0 Å². The van der Waals surface area contributed by atoms with Gasteiger partial charge in [-0.1, -0.05) is 264 Å². The van der Waals surface area contributed by atoms with Gasteiger partial charge in [-0.05, 0) is 51.4 Å². The van der Waals surface area contributed by atoms with Crippen LogP contribution in [0.1, 0.15) is 316 Å². The molecule has 0 heterocycles. The van der Waals surface area contributed by atoms with Crippen molar-refractivity contribution in [3.8, 4) is 0 Å². The molecular formula is C57H111NO5. The zero-order valence-corrected chi connectivity index (χ0v) is 42.6. The number of nitrogens with one attached hydrogen (secondary N) is 1. The molecular weight excluding hydrogens is 779 g/mol. The quantitative estimate of drug-likeness (QED) is 0.0321. The van der Waals surface area contributed by atoms with Crippen molar-refractivity contribution in [3.63, 3.8) is 0 Å². The molecule has 3 N–H and O–H groups in total. The van der Waals surface area contributed by atoms with Crippen molar-refractivity contribution in [2.45, 2.75) is 328 Å². The Hall–Kier alpha value is -1.40. The minimum Gasteiger partial charge on any atom is -0.466 e. The van der Waals surface area contributed by atoms with E-state index in [0.717, 1.165) is 44.9 Å². The largest absolute Gasteiger partial charge is 0.466 e. The summed E-state index contributed by atoms with van der Waals surface area (Å²) in [6.45, 7) is 4.93. The lowest BCUT2D eigenvalue weighted by Crippen LogP contribution is -2.45. The molecule has 0 aliphatic heterocycles. The van der Waals surface area contributed by atoms with Crippen LogP contribution in [0.5, 0.6) is 0 Å². The normalized spacial score (nSPS) is 12.6. The van der Waals surface area contributed by atoms with E-state index in [1.165, 1.54) is 238 Å². The first kappa shape index (κ1) is 61.6. The van der Waals surface area contributed by atoms with Crippen molar-refractivity contribution in [2.24, 2.45) is 0 Å². The minimum atomic E-state index is -0.669. The third kappa shape index (κ3) is 49.9. The Morgan fingerprint density at radius 3 is 1.16 bits per heavy atom. The smallest absolute Gasteiger partial charge is 0.305 e. The summed E-state index contributed by atoms with van der Waals surface area (Å²) in [7, 11) is 0. The molecule has 0 rings (SSSR count). The van der Waals surface area contributed by atoms with Gasteiger partial charge in [0.05, 0.1) is 25.4 Å². The van der Waals surface area contributed by atoms with Crippen LogP contribution in [-0.2, 0) is 14.3 Å². The van der Waals surface area contributed by atoms with Gasteiger partial charge in [0.25, 0.3) is 0 Å². The molecule has 374 valence electrons. The highest BCUT2D eigenvalue weighted by Gasteiger charge is 2.20. The Bertz CT molecular complexity index is 939. The molecule has 0 radical (unpaired) electrons. The van der Waals surface area contributed by atoms with Gasteiger partial charge in [0.1, 0.15) is 0 Å². The van der Waals surface area contributed by atoms with Crippen LogP contribution >= 0.6 is 0 Å². The predicted octanol–water partition coefficient (Wildman–Crippen LogP) is 17.3. The van der Waals surface area contributed by atoms with Crippen LogP contribution < -0.4 is 5.32 Å². The summed E-state index contributed by atoms with van der Waals surface area (Å²) in [6, 6.07) is -0.546. The maximum absolute atomic E-state index is 12.5. The molecule has 0 aliphatic rings. The average molecular weight is 891 g/mol. The molecule has 0 fully saturated rings. The van der Waals surface area contributed by atoms with Crippen LogP contribution in [-0.4, -0.2) is 47.4 Å². The molecule has 6 heteroatoms. The fourth-order valence-corrected chi connectivity index (χ4v) is 8.93. The highest BCUT2D eigenvalue weighted by Crippen LogP contribution is 2.17. The summed E-state index contributed by atoms with van der Waals surface area (Å²) in [4.78, 5) is 24.5. The van der Waals surface area contributed by atoms with Crippen LogP contribution in [0.2, 0.25) is 0 Å². The Labute approximate surface area is 393 Å². The Morgan fingerprint density at radius 2 is 0.746 bits per heavy atom. The van der Waals surface area contributed by atoms with Crippen LogP contribution in [0.15, 0.2) is 12.2 Å². The van der Waals surface area contributed by atoms with E-state index in [2.05, 4.69) is 31.3 Å². The monoisotopic (exact) mass is 890 g/mol. The summed E-state index contributed by atoms with van der Waals surface area (Å²) in [6.07, 6.45) is 61.9. The van der Waals surface area contributed by atoms with Crippen molar-refractivity contribution in [1.29, 1.82) is 0 Å². The standard InChI is InChI=1S/C57H111NO5/c1-3-5-7-9-11-13-15-17-18-19-20-23-26-29-33-37-41-45-49-55(60)54(53-59)58-56(61)50-46-42-38-34-30-27-24-21-22-25-28-32-36-40-44-48-52-63-57(62)51-47-43-39-35-31-16-14-12-10-8-6-4-2/h12,14,54-55,59-60H,3-11,13,15-53H2,1-2H3,(H,58,61)/b14-12-. The van der Waals surface area contributed by atoms with Crippen LogP contribution in [0.3, 0.4) is 0 Å². The number of allylic oxidation sites excluding steroid dienone is 2. The maximum atomic E-state index is 12.5. The van der Waals surface area contributed by atoms with Crippen molar-refractivity contribution >= 4 is 11.9 Å². The maximum Gasteiger partial charge on any atom is 0.305 e. The van der Waals surface area contributed by atoms with Gasteiger partial charge < -0.3 is 20.3 Å². The number of carbonyl (C=O) groups excluding carboxylic acids is 2. The SMILES string of the molecule is CCCCC/C=C\CCCCCCCC(=O)OCCCCCCCCCCCCCCCCCCC(=O)NC(CO)C(O)CCCCCCCCCCCCCCCCCCCC. The summed E-state index contributed by atoms with van der Waals surface area (Å²) < 4.78 is 5.46. The van der Waals surface area contributed by atoms with E-state index < -0.39 is 12.1 Å². The lowest BCUT2D eigenvalue weighted by Gasteiger charge is -2.22. The minimum absolute atomic E-state index is 0.00627. The molecule has 6 nitrogen and oxygen atoms in total. The van der Waals surface area contributed by atoms with E-state index in [1.54, 1.807) is 0 Å². The number of aliphatic hydroxyl groups is 2. The molecule has 0 saturated carbocycles. The van der Waals surface area contributed by atoms with Gasteiger partial charge >= 0.3 is 5.97 Å². The summed E-state index contributed by atoms with van der Waals surface area (Å²) >= 11 is 0. The van der Waals surface area contributed by atoms with Gasteiger partial charge in [0.15, 0.2) is 0 Å². The molecule has 0 saturated heterocycles. The third-order valence-corrected chi connectivity index (χ3v) is 13.3. The van der Waals surface area contributed by atoms with Crippen LogP contribution in [0.4, 0.5) is 0 Å². The van der Waals surface area contributed by atoms with Crippen molar-refractivity contribution in [1.82, 2.24) is 5.32 Å². The first-order valence-electron chi connectivity index (χ1n) is 28.4. The summed E-state index contributed by atoms with van der Waals surface area (Å²) in [5.41, 5.74) is 0. The first-order valence-corrected chi connectivity index (χ1v) is 28.4. The Balaban J connectivity index is 3.43. The number of hydrogen-bond acceptors (Lipinski definition) is 5. The highest BCUT2D eigenvalue weighted by molar-refractivity contribution is 5.76. The molecule has 0 aromatic heterocycles. The second-order valence-corrected chi connectivity index (χ2v) is 19.6. The van der Waals surface area contributed by atoms with Crippen LogP contribution in [0.25, 0.3) is 0 Å². The van der Waals surface area contributed by atoms with E-state index in [1.807, 2.05) is 0 Å². The van der Waals surface area contributed by atoms with E-state index in [0.29, 0.717) is 25.9 Å². The second kappa shape index (κ2) is 53.2. The van der Waals surface area contributed by atoms with Gasteiger partial charge in [0.2, 0.25) is 5.91 Å². The molecule has 0 aromatic rings. The van der Waals surface area contributed by atoms with Crippen LogP contribution in [0, 0.1) is 0 Å². The molecule has 1 amide bonds. The van der Waals surface area contributed by atoms with E-state index in [-0.39, 0.29) is 18.5 Å². The van der Waals surface area contributed by atoms with Crippen molar-refractivity contribution in [2.75, 3.05) is 13.2 Å². The lowest BCUT2D eigenvalue weighted by atomic mass is 10.0. The number of carbonyl (C=O) groups is 2. The molecule has 2 unspecified atom stereocenters. The molecule has 2 atom stereocenters. The molecule has 0 bridgehead atoms. The Kier molecular flexibility index (Phi) is 52.0. The number of aliphatic hydroxyl groups excluding tert-OH is 2. The van der Waals surface area contributed by atoms with Crippen molar-refractivity contribution in [3.05, 3.63) is 12.2 Å². The second-order valence-electron chi connectivity index (χ2n) is 19.6. The first-order chi connectivity index (χ1) is 31.0. The molecule has 63 heavy (non-hydrogen) atoms. The molecule has 0 aliphatic carbocycles. The topological polar surface area (TPSA) is 95.9 Å². The van der Waals surface area contributed by atoms with Crippen molar-refractivity contribution < 1.29 is 24.5 Å². The lowest BCUT2D eigenvalue weighted by molar-refractivity contribution is -0.143. The number of esters is 1. The fourth-order valence-electron chi connectivity index (χ4n) is 8.93. The van der Waals surface area contributed by atoms with Gasteiger partial charge in [0, 0.05) is 12.8 Å². The summed E-state index contributed by atoms with van der Waals surface area (Å²) in [5.74, 6) is -0.0456. The molecule has 0 aromatic carbocycles. The number of unbranched alkanes of at least 4 members (excludes halogenated alkanes) is 40. The molecule has 0 spiro atoms. The van der Waals surface area contributed by atoms with E-state index in [9.17, 15) is 19.8 Å². The zero-order valence-electron chi connectivity index (χ0n) is 42.6. The average Bonchev–Trinajstić information content (AvgIpc) is 3.28. The predicted molar refractivity (Wildman–Crippen MR) is 273 cm³/mol. The van der Waals surface area contributed by atoms with E-state index in [4.69, 9.17) is 4.74 Å². The van der Waals surface area contributed by atoms with Gasteiger partial charge in [-0.15, -0.1) is 0 Å². The number of rotatable bonds is 53. The van der Waals surface area contributed by atoms with E-state index >= 15 is 0 Å². The summed E-state index contributed by atoms with van der Waals surface area (Å²) in [5, 5.41) is 23.3. The third-order valence-electron chi connectivity index (χ3n) is 13.3. The number of ether oxygens (including phenoxy) is 1. The highest BCUT2D eigenvalue weighted by atomic mass is 16.5. The van der Waals surface area contributed by atoms with Gasteiger partial charge in [-0.25, -0.2) is 0 Å². The fraction of sp³-hybridized carbons (Fsp3) is 0.930. The van der Waals surface area contributed by atoms with Gasteiger partial charge in [-0.3, -0.25) is 9.59 Å². The number of hydrogen-bond donors (Lipinski definition) is 3. The number of amides is 1. The zero-order chi connectivity index (χ0) is 45.8.